The lowest BCUT2D eigenvalue weighted by Gasteiger charge is -2.26. The normalized spacial score (nSPS) is 14.2. The minimum absolute atomic E-state index is 0.00216. The van der Waals surface area contributed by atoms with Crippen molar-refractivity contribution in [1.82, 2.24) is 36.9 Å². The SMILES string of the molecule is CCCCCCCCCCCCCCCC(=O)NCC(=O)C[C@@H](CO)C(=O)N[C@H](C(=O)C[C@@H](CC(=O)O)C(=O)N[C@@H](CCCN=C(N)N)C(=O)C[C@@H](CC(C)C)C(=O)NC)[C@@H](C)O.CSCC[C@H](CC(=O)[C@H](Cc1c[nH]c2ccccc12)NC(=O)[C@H](CCCCN)CC(=O)[C@@H](C)CCCN=C(N)N)C(=O)N[C@@H](Cc1ccccc1)C(=O)C[C@@H](C)C(N)=O. The highest BCUT2D eigenvalue weighted by Crippen LogP contribution is 2.27. The fourth-order valence-electron chi connectivity index (χ4n) is 14.3. The largest absolute Gasteiger partial charge is 0.481 e. The van der Waals surface area contributed by atoms with Crippen LogP contribution in [0.2, 0.25) is 0 Å². The summed E-state index contributed by atoms with van der Waals surface area (Å²) in [4.78, 5) is 196. The summed E-state index contributed by atoms with van der Waals surface area (Å²) in [5, 5.41) is 46.9. The topological polar surface area (TPSA) is 568 Å². The second-order valence-corrected chi connectivity index (χ2v) is 33.7. The number of fused-ring (bicyclic) bond motifs is 1. The zero-order valence-electron chi connectivity index (χ0n) is 73.5. The quantitative estimate of drug-likeness (QED) is 0.0159. The number of primary amides is 1. The second-order valence-electron chi connectivity index (χ2n) is 32.7. The molecule has 0 bridgehead atoms. The smallest absolute Gasteiger partial charge is 0.304 e. The average Bonchev–Trinajstić information content (AvgIpc) is 1.63. The molecule has 3 aromatic rings. The highest BCUT2D eigenvalue weighted by Gasteiger charge is 2.38. The van der Waals surface area contributed by atoms with E-state index in [1.807, 2.05) is 87.8 Å². The molecule has 0 radical (unpaired) electrons. The number of aliphatic hydroxyl groups is 2. The number of nitrogens with zero attached hydrogens (tertiary/aromatic N) is 2. The van der Waals surface area contributed by atoms with Crippen molar-refractivity contribution in [3.63, 3.8) is 0 Å². The number of aliphatic carboxylic acids is 1. The number of nitrogens with one attached hydrogen (secondary N) is 7. The van der Waals surface area contributed by atoms with Crippen molar-refractivity contribution in [2.75, 3.05) is 51.8 Å². The van der Waals surface area contributed by atoms with Crippen molar-refractivity contribution in [2.45, 2.75) is 277 Å². The lowest BCUT2D eigenvalue weighted by molar-refractivity contribution is -0.143. The first-order valence-corrected chi connectivity index (χ1v) is 45.0. The number of hydrogen-bond acceptors (Lipinski definition) is 20. The molecule has 7 amide bonds. The second kappa shape index (κ2) is 62.6. The molecular formula is C89H145N15O17S. The Kier molecular flexibility index (Phi) is 55.7. The molecule has 3 rings (SSSR count). The van der Waals surface area contributed by atoms with Gasteiger partial charge in [0.25, 0.3) is 0 Å². The van der Waals surface area contributed by atoms with Gasteiger partial charge >= 0.3 is 5.97 Å². The van der Waals surface area contributed by atoms with Gasteiger partial charge in [-0.2, -0.15) is 11.8 Å². The van der Waals surface area contributed by atoms with E-state index in [0.29, 0.717) is 70.2 Å². The number of carboxylic acids is 1. The number of Topliss-reactive ketones (excluding diaryl/α,β-unsaturated/α-hetero) is 6. The molecule has 0 fully saturated rings. The van der Waals surface area contributed by atoms with Crippen molar-refractivity contribution in [3.8, 4) is 0 Å². The van der Waals surface area contributed by atoms with E-state index in [1.54, 1.807) is 6.92 Å². The van der Waals surface area contributed by atoms with Crippen LogP contribution >= 0.6 is 11.8 Å². The van der Waals surface area contributed by atoms with Crippen molar-refractivity contribution in [1.29, 1.82) is 0 Å². The van der Waals surface area contributed by atoms with Crippen LogP contribution in [0.3, 0.4) is 0 Å². The van der Waals surface area contributed by atoms with E-state index in [-0.39, 0.29) is 124 Å². The summed E-state index contributed by atoms with van der Waals surface area (Å²) in [5.74, 6) is -14.0. The number of thioether (sulfide) groups is 1. The zero-order chi connectivity index (χ0) is 91.1. The van der Waals surface area contributed by atoms with Gasteiger partial charge < -0.3 is 86.6 Å². The van der Waals surface area contributed by atoms with Crippen LogP contribution in [0.4, 0.5) is 0 Å². The third-order valence-electron chi connectivity index (χ3n) is 21.6. The predicted molar refractivity (Wildman–Crippen MR) is 476 cm³/mol. The van der Waals surface area contributed by atoms with Crippen LogP contribution in [-0.2, 0) is 80.0 Å². The number of carbonyl (C=O) groups excluding carboxylic acids is 13. The van der Waals surface area contributed by atoms with Crippen molar-refractivity contribution in [2.24, 2.45) is 91.7 Å². The number of aliphatic hydroxyl groups excluding tert-OH is 2. The van der Waals surface area contributed by atoms with Gasteiger partial charge in [-0.25, -0.2) is 0 Å². The lowest BCUT2D eigenvalue weighted by atomic mass is 9.88. The Balaban J connectivity index is 0.000000828. The molecule has 0 saturated carbocycles. The van der Waals surface area contributed by atoms with Crippen molar-refractivity contribution < 1.29 is 82.4 Å². The van der Waals surface area contributed by atoms with E-state index in [2.05, 4.69) is 53.8 Å². The van der Waals surface area contributed by atoms with Crippen LogP contribution in [0.25, 0.3) is 10.9 Å². The zero-order valence-corrected chi connectivity index (χ0v) is 74.3. The maximum atomic E-state index is 14.5. The molecule has 33 heteroatoms. The Morgan fingerprint density at radius 1 is 0.500 bits per heavy atom. The number of carbonyl (C=O) groups is 14. The number of benzene rings is 2. The summed E-state index contributed by atoms with van der Waals surface area (Å²) in [6.07, 6.45) is 19.1. The number of aromatic amines is 1. The lowest BCUT2D eigenvalue weighted by Crippen LogP contribution is -2.52. The highest BCUT2D eigenvalue weighted by atomic mass is 32.2. The average molecular weight is 1730 g/mol. The molecule has 0 aliphatic carbocycles. The molecule has 1 aromatic heterocycles. The molecule has 0 aliphatic heterocycles. The molecule has 1 heterocycles. The fraction of sp³-hybridized carbons (Fsp3) is 0.663. The highest BCUT2D eigenvalue weighted by molar-refractivity contribution is 7.98. The van der Waals surface area contributed by atoms with Gasteiger partial charge in [-0.05, 0) is 113 Å². The van der Waals surface area contributed by atoms with Crippen LogP contribution < -0.4 is 66.3 Å². The summed E-state index contributed by atoms with van der Waals surface area (Å²) in [5.41, 5.74) is 35.4. The number of guanidine groups is 2. The Hall–Kier alpha value is -9.47. The molecule has 12 atom stereocenters. The number of ketones is 6. The monoisotopic (exact) mass is 1730 g/mol. The number of para-hydroxylation sites is 1. The third kappa shape index (κ3) is 46.1. The molecule has 0 unspecified atom stereocenters. The number of carboxylic acid groups (broad SMARTS) is 1. The number of nitrogens with two attached hydrogens (primary N) is 6. The number of unbranched alkanes of at least 4 members (excludes halogenated alkanes) is 13. The van der Waals surface area contributed by atoms with Crippen LogP contribution in [0.5, 0.6) is 0 Å². The summed E-state index contributed by atoms with van der Waals surface area (Å²) in [6, 6.07) is 12.0. The van der Waals surface area contributed by atoms with Gasteiger partial charge in [0.15, 0.2) is 40.8 Å². The third-order valence-corrected chi connectivity index (χ3v) is 22.3. The maximum absolute atomic E-state index is 14.5. The van der Waals surface area contributed by atoms with E-state index in [4.69, 9.17) is 34.4 Å². The summed E-state index contributed by atoms with van der Waals surface area (Å²) in [7, 11) is 1.44. The van der Waals surface area contributed by atoms with Gasteiger partial charge in [-0.3, -0.25) is 77.1 Å². The van der Waals surface area contributed by atoms with Gasteiger partial charge in [-0.15, -0.1) is 0 Å². The summed E-state index contributed by atoms with van der Waals surface area (Å²) < 4.78 is 0. The minimum atomic E-state index is -1.66. The number of amides is 7. The molecule has 2 aromatic carbocycles. The standard InChI is InChI=1S/C45H81N7O11.C44H64N8O6S/c1-6-7-8-9-10-11-12-13-14-15-16-17-18-21-39(58)50-28-35(55)24-34(29-53)44(63)52-41(31(4)54)38(57)26-33(27-40(59)60)43(62)51-36(20-19-22-49-45(46)47)37(56)25-32(23-30(2)3)42(61)48-5;1-28(12-11-20-49-44(47)48)38(53)25-31(15-9-10-19-45)42(57)52-37(24-33-27-50-35-17-8-7-16-34(33)35)40(55)26-32(18-21-59-3)43(58)51-36(23-30-13-5-4-6-14-30)39(54)22-29(2)41(46)56/h30-34,36,41,53-54H,6-29H2,1-5H3,(H,48,61)(H,50,58)(H,51,62)(H,52,63)(H,59,60)(H4,46,47,49);4-8,13-14,16-17,27-29,31-32,36-37,50H,9-12,15,18-26,45H2,1-3H3,(H2,46,56)(H,51,58)(H,52,57)(H4,47,48,49)/t31-,32-,33+,34+,36+,41+;28-,29+,31+,32+,36-,37-/m10/s1. The number of rotatable bonds is 68. The van der Waals surface area contributed by atoms with Crippen LogP contribution in [-0.4, -0.2) is 196 Å². The van der Waals surface area contributed by atoms with Crippen molar-refractivity contribution in [3.05, 3.63) is 71.9 Å². The fourth-order valence-corrected chi connectivity index (χ4v) is 14.9. The Labute approximate surface area is 725 Å². The first-order valence-electron chi connectivity index (χ1n) is 43.6. The van der Waals surface area contributed by atoms with Gasteiger partial charge in [-0.1, -0.05) is 167 Å². The first-order chi connectivity index (χ1) is 58.1. The molecule has 684 valence electrons. The van der Waals surface area contributed by atoms with Gasteiger partial charge in [0.1, 0.15) is 11.8 Å². The van der Waals surface area contributed by atoms with Crippen LogP contribution in [0.1, 0.15) is 245 Å². The van der Waals surface area contributed by atoms with Crippen LogP contribution in [0, 0.1) is 47.3 Å². The Morgan fingerprint density at radius 2 is 1.01 bits per heavy atom. The van der Waals surface area contributed by atoms with E-state index in [9.17, 15) is 82.4 Å². The number of aromatic nitrogens is 1. The predicted octanol–water partition coefficient (Wildman–Crippen LogP) is 6.70. The molecule has 122 heavy (non-hydrogen) atoms. The first kappa shape index (κ1) is 109. The van der Waals surface area contributed by atoms with Crippen molar-refractivity contribution >= 4 is 117 Å². The molecular weight excluding hydrogens is 1580 g/mol. The molecule has 0 saturated heterocycles. The Morgan fingerprint density at radius 3 is 1.56 bits per heavy atom. The van der Waals surface area contributed by atoms with Crippen LogP contribution in [0.15, 0.2) is 70.8 Å². The molecule has 0 aliphatic rings. The molecule has 0 spiro atoms. The van der Waals surface area contributed by atoms with Gasteiger partial charge in [0.2, 0.25) is 41.4 Å². The van der Waals surface area contributed by atoms with E-state index >= 15 is 0 Å². The number of aliphatic imine (C=N–C) groups is 2. The van der Waals surface area contributed by atoms with E-state index < -0.39 is 145 Å². The summed E-state index contributed by atoms with van der Waals surface area (Å²) >= 11 is 1.52. The molecule has 22 N–H and O–H groups in total. The van der Waals surface area contributed by atoms with E-state index in [1.165, 1.54) is 83.5 Å². The Bertz CT molecular complexity index is 3770. The summed E-state index contributed by atoms with van der Waals surface area (Å²) in [6.45, 7) is 10.3. The number of hydrogen-bond donors (Lipinski definition) is 16. The van der Waals surface area contributed by atoms with Gasteiger partial charge in [0, 0.05) is 118 Å². The number of H-pyrrole nitrogens is 1. The molecule has 32 nitrogen and oxygen atoms in total. The van der Waals surface area contributed by atoms with Gasteiger partial charge in [0.05, 0.1) is 55.6 Å². The maximum Gasteiger partial charge on any atom is 0.304 e. The van der Waals surface area contributed by atoms with E-state index in [0.717, 1.165) is 41.3 Å². The minimum Gasteiger partial charge on any atom is -0.481 e.